The van der Waals surface area contributed by atoms with Gasteiger partial charge in [-0.05, 0) is 24.8 Å². The van der Waals surface area contributed by atoms with E-state index in [1.54, 1.807) is 12.3 Å². The van der Waals surface area contributed by atoms with E-state index >= 15 is 0 Å². The van der Waals surface area contributed by atoms with Crippen molar-refractivity contribution in [1.82, 2.24) is 4.98 Å². The second-order valence-corrected chi connectivity index (χ2v) is 4.92. The lowest BCUT2D eigenvalue weighted by Crippen LogP contribution is -2.35. The zero-order valence-electron chi connectivity index (χ0n) is 8.87. The standard InChI is InChI=1S/C11H14Cl2N2O/c12-9-5-10(13)11(14-6-9)15-3-1-8(7-16)2-4-15/h5-6,8,16H,1-4,7H2. The number of pyridine rings is 1. The number of halogens is 2. The highest BCUT2D eigenvalue weighted by molar-refractivity contribution is 6.36. The molecule has 5 heteroatoms. The first-order valence-corrected chi connectivity index (χ1v) is 6.13. The molecule has 0 aliphatic carbocycles. The van der Waals surface area contributed by atoms with Crippen LogP contribution in [0.5, 0.6) is 0 Å². The van der Waals surface area contributed by atoms with Gasteiger partial charge in [-0.2, -0.15) is 0 Å². The maximum Gasteiger partial charge on any atom is 0.147 e. The van der Waals surface area contributed by atoms with Crippen LogP contribution < -0.4 is 4.90 Å². The Hall–Kier alpha value is -0.510. The van der Waals surface area contributed by atoms with E-state index in [1.807, 2.05) is 0 Å². The molecule has 1 aromatic heterocycles. The van der Waals surface area contributed by atoms with Crippen molar-refractivity contribution in [3.05, 3.63) is 22.3 Å². The Morgan fingerprint density at radius 1 is 1.38 bits per heavy atom. The van der Waals surface area contributed by atoms with E-state index in [9.17, 15) is 0 Å². The fraction of sp³-hybridized carbons (Fsp3) is 0.545. The van der Waals surface area contributed by atoms with Crippen LogP contribution in [-0.2, 0) is 0 Å². The molecule has 0 aromatic carbocycles. The van der Waals surface area contributed by atoms with Gasteiger partial charge in [-0.3, -0.25) is 0 Å². The fourth-order valence-corrected chi connectivity index (χ4v) is 2.47. The highest BCUT2D eigenvalue weighted by Crippen LogP contribution is 2.29. The van der Waals surface area contributed by atoms with Gasteiger partial charge < -0.3 is 10.0 Å². The fourth-order valence-electron chi connectivity index (χ4n) is 1.97. The van der Waals surface area contributed by atoms with Crippen LogP contribution in [0.4, 0.5) is 5.82 Å². The molecule has 1 N–H and O–H groups in total. The number of aliphatic hydroxyl groups excluding tert-OH is 1. The smallest absolute Gasteiger partial charge is 0.147 e. The van der Waals surface area contributed by atoms with Gasteiger partial charge in [0.05, 0.1) is 10.0 Å². The molecule has 0 saturated carbocycles. The molecule has 1 saturated heterocycles. The number of anilines is 1. The Bertz CT molecular complexity index is 365. The Balaban J connectivity index is 2.08. The molecular weight excluding hydrogens is 247 g/mol. The second-order valence-electron chi connectivity index (χ2n) is 4.07. The lowest BCUT2D eigenvalue weighted by molar-refractivity contribution is 0.203. The number of hydrogen-bond donors (Lipinski definition) is 1. The van der Waals surface area contributed by atoms with Crippen molar-refractivity contribution in [2.24, 2.45) is 5.92 Å². The molecule has 2 rings (SSSR count). The lowest BCUT2D eigenvalue weighted by Gasteiger charge is -2.32. The molecule has 0 amide bonds. The van der Waals surface area contributed by atoms with E-state index in [-0.39, 0.29) is 6.61 Å². The van der Waals surface area contributed by atoms with Gasteiger partial charge in [-0.1, -0.05) is 23.2 Å². The third-order valence-corrected chi connectivity index (χ3v) is 3.45. The molecule has 1 aromatic rings. The highest BCUT2D eigenvalue weighted by Gasteiger charge is 2.21. The van der Waals surface area contributed by atoms with Crippen LogP contribution in [0, 0.1) is 5.92 Å². The number of aliphatic hydroxyl groups is 1. The minimum absolute atomic E-state index is 0.273. The zero-order chi connectivity index (χ0) is 11.5. The van der Waals surface area contributed by atoms with Gasteiger partial charge in [0.2, 0.25) is 0 Å². The summed E-state index contributed by atoms with van der Waals surface area (Å²) in [6.45, 7) is 2.05. The summed E-state index contributed by atoms with van der Waals surface area (Å²) in [6, 6.07) is 1.71. The first-order valence-electron chi connectivity index (χ1n) is 5.37. The maximum atomic E-state index is 9.06. The van der Waals surface area contributed by atoms with Crippen LogP contribution in [0.15, 0.2) is 12.3 Å². The van der Waals surface area contributed by atoms with E-state index in [2.05, 4.69) is 9.88 Å². The van der Waals surface area contributed by atoms with Crippen LogP contribution in [0.25, 0.3) is 0 Å². The molecule has 0 bridgehead atoms. The number of piperidine rings is 1. The maximum absolute atomic E-state index is 9.06. The van der Waals surface area contributed by atoms with Gasteiger partial charge in [0.15, 0.2) is 0 Å². The number of hydrogen-bond acceptors (Lipinski definition) is 3. The first-order chi connectivity index (χ1) is 7.70. The predicted octanol–water partition coefficient (Wildman–Crippen LogP) is 2.60. The predicted molar refractivity (Wildman–Crippen MR) is 66.3 cm³/mol. The largest absolute Gasteiger partial charge is 0.396 e. The molecule has 1 fully saturated rings. The number of nitrogens with zero attached hydrogens (tertiary/aromatic N) is 2. The molecule has 0 atom stereocenters. The molecule has 0 spiro atoms. The van der Waals surface area contributed by atoms with E-state index in [0.29, 0.717) is 16.0 Å². The topological polar surface area (TPSA) is 36.4 Å². The average Bonchev–Trinajstić information content (AvgIpc) is 2.29. The zero-order valence-corrected chi connectivity index (χ0v) is 10.4. The monoisotopic (exact) mass is 260 g/mol. The normalized spacial score (nSPS) is 17.8. The minimum Gasteiger partial charge on any atom is -0.396 e. The van der Waals surface area contributed by atoms with E-state index in [1.165, 1.54) is 0 Å². The number of rotatable bonds is 2. The van der Waals surface area contributed by atoms with E-state index in [0.717, 1.165) is 31.7 Å². The molecule has 0 unspecified atom stereocenters. The molecule has 16 heavy (non-hydrogen) atoms. The molecule has 1 aliphatic heterocycles. The quantitative estimate of drug-likeness (QED) is 0.888. The summed E-state index contributed by atoms with van der Waals surface area (Å²) in [7, 11) is 0. The molecule has 2 heterocycles. The Kier molecular flexibility index (Phi) is 3.90. The van der Waals surface area contributed by atoms with Gasteiger partial charge in [-0.15, -0.1) is 0 Å². The average molecular weight is 261 g/mol. The van der Waals surface area contributed by atoms with Crippen LogP contribution in [0.2, 0.25) is 10.0 Å². The molecular formula is C11H14Cl2N2O. The molecule has 88 valence electrons. The highest BCUT2D eigenvalue weighted by atomic mass is 35.5. The number of aromatic nitrogens is 1. The summed E-state index contributed by atoms with van der Waals surface area (Å²) in [6.07, 6.45) is 3.58. The van der Waals surface area contributed by atoms with Crippen molar-refractivity contribution >= 4 is 29.0 Å². The third-order valence-electron chi connectivity index (χ3n) is 2.96. The van der Waals surface area contributed by atoms with Crippen molar-refractivity contribution in [3.8, 4) is 0 Å². The van der Waals surface area contributed by atoms with Crippen LogP contribution in [0.1, 0.15) is 12.8 Å². The van der Waals surface area contributed by atoms with Gasteiger partial charge in [0.1, 0.15) is 5.82 Å². The Labute approximate surface area is 105 Å². The van der Waals surface area contributed by atoms with Crippen molar-refractivity contribution in [3.63, 3.8) is 0 Å². The van der Waals surface area contributed by atoms with Crippen LogP contribution in [0.3, 0.4) is 0 Å². The summed E-state index contributed by atoms with van der Waals surface area (Å²) >= 11 is 11.9. The Morgan fingerprint density at radius 2 is 2.06 bits per heavy atom. The van der Waals surface area contributed by atoms with E-state index < -0.39 is 0 Å². The first kappa shape index (κ1) is 12.0. The third kappa shape index (κ3) is 2.59. The second kappa shape index (κ2) is 5.21. The summed E-state index contributed by atoms with van der Waals surface area (Å²) in [4.78, 5) is 6.40. The molecule has 3 nitrogen and oxygen atoms in total. The van der Waals surface area contributed by atoms with Gasteiger partial charge in [0, 0.05) is 25.9 Å². The summed E-state index contributed by atoms with van der Waals surface area (Å²) in [5, 5.41) is 10.2. The van der Waals surface area contributed by atoms with Crippen LogP contribution in [-0.4, -0.2) is 29.8 Å². The van der Waals surface area contributed by atoms with Crippen molar-refractivity contribution in [2.75, 3.05) is 24.6 Å². The van der Waals surface area contributed by atoms with Crippen LogP contribution >= 0.6 is 23.2 Å². The lowest BCUT2D eigenvalue weighted by atomic mass is 9.98. The van der Waals surface area contributed by atoms with Crippen molar-refractivity contribution in [1.29, 1.82) is 0 Å². The van der Waals surface area contributed by atoms with Crippen molar-refractivity contribution in [2.45, 2.75) is 12.8 Å². The Morgan fingerprint density at radius 3 is 2.62 bits per heavy atom. The van der Waals surface area contributed by atoms with Gasteiger partial charge in [0.25, 0.3) is 0 Å². The minimum atomic E-state index is 0.273. The molecule has 0 radical (unpaired) electrons. The summed E-state index contributed by atoms with van der Waals surface area (Å²) in [5.41, 5.74) is 0. The van der Waals surface area contributed by atoms with E-state index in [4.69, 9.17) is 28.3 Å². The van der Waals surface area contributed by atoms with Crippen molar-refractivity contribution < 1.29 is 5.11 Å². The van der Waals surface area contributed by atoms with Gasteiger partial charge in [-0.25, -0.2) is 4.98 Å². The molecule has 1 aliphatic rings. The van der Waals surface area contributed by atoms with Gasteiger partial charge >= 0.3 is 0 Å². The SMILES string of the molecule is OCC1CCN(c2ncc(Cl)cc2Cl)CC1. The summed E-state index contributed by atoms with van der Waals surface area (Å²) in [5.74, 6) is 1.21. The summed E-state index contributed by atoms with van der Waals surface area (Å²) < 4.78 is 0.